The van der Waals surface area contributed by atoms with Gasteiger partial charge in [-0.3, -0.25) is 0 Å². The predicted molar refractivity (Wildman–Crippen MR) is 84.8 cm³/mol. The molecule has 0 saturated carbocycles. The molecule has 0 aliphatic heterocycles. The lowest BCUT2D eigenvalue weighted by Gasteiger charge is -2.20. The monoisotopic (exact) mass is 269 g/mol. The first-order chi connectivity index (χ1) is 9.20. The van der Waals surface area contributed by atoms with Gasteiger partial charge >= 0.3 is 0 Å². The van der Waals surface area contributed by atoms with Gasteiger partial charge in [0.25, 0.3) is 0 Å². The van der Waals surface area contributed by atoms with Gasteiger partial charge in [0, 0.05) is 16.5 Å². The quantitative estimate of drug-likeness (QED) is 0.852. The third kappa shape index (κ3) is 2.67. The third-order valence-corrected chi connectivity index (χ3v) is 3.50. The fraction of sp³-hybridized carbons (Fsp3) is 0.412. The van der Waals surface area contributed by atoms with Crippen molar-refractivity contribution < 1.29 is 0 Å². The molecule has 1 aromatic heterocycles. The summed E-state index contributed by atoms with van der Waals surface area (Å²) in [6.07, 6.45) is 0. The van der Waals surface area contributed by atoms with E-state index < -0.39 is 0 Å². The Morgan fingerprint density at radius 2 is 1.65 bits per heavy atom. The summed E-state index contributed by atoms with van der Waals surface area (Å²) in [4.78, 5) is 9.23. The second-order valence-electron chi connectivity index (χ2n) is 6.47. The van der Waals surface area contributed by atoms with Crippen molar-refractivity contribution in [1.29, 1.82) is 0 Å². The van der Waals surface area contributed by atoms with Crippen LogP contribution in [0.25, 0.3) is 11.3 Å². The highest BCUT2D eigenvalue weighted by Crippen LogP contribution is 2.30. The Morgan fingerprint density at radius 1 is 1.00 bits per heavy atom. The molecule has 0 saturated heterocycles. The summed E-state index contributed by atoms with van der Waals surface area (Å²) in [5.74, 6) is 1.36. The van der Waals surface area contributed by atoms with E-state index in [0.717, 1.165) is 22.6 Å². The van der Waals surface area contributed by atoms with Crippen molar-refractivity contribution in [2.24, 2.45) is 0 Å². The first-order valence-electron chi connectivity index (χ1n) is 6.92. The number of nitrogen functional groups attached to an aromatic ring is 1. The number of hydrogen-bond donors (Lipinski definition) is 1. The lowest BCUT2D eigenvalue weighted by Crippen LogP contribution is -2.18. The van der Waals surface area contributed by atoms with Crippen molar-refractivity contribution in [3.63, 3.8) is 0 Å². The van der Waals surface area contributed by atoms with E-state index in [4.69, 9.17) is 10.7 Å². The molecule has 1 aromatic carbocycles. The molecule has 20 heavy (non-hydrogen) atoms. The molecule has 3 nitrogen and oxygen atoms in total. The van der Waals surface area contributed by atoms with Crippen molar-refractivity contribution in [3.8, 4) is 11.3 Å². The highest BCUT2D eigenvalue weighted by atomic mass is 15.0. The summed E-state index contributed by atoms with van der Waals surface area (Å²) in [6, 6.07) is 6.40. The molecule has 2 rings (SSSR count). The number of rotatable bonds is 1. The van der Waals surface area contributed by atoms with Crippen LogP contribution in [0.1, 0.15) is 43.3 Å². The molecule has 2 aromatic rings. The van der Waals surface area contributed by atoms with Crippen molar-refractivity contribution in [2.75, 3.05) is 5.73 Å². The Kier molecular flexibility index (Phi) is 3.55. The van der Waals surface area contributed by atoms with Crippen LogP contribution < -0.4 is 5.73 Å². The minimum atomic E-state index is -0.117. The van der Waals surface area contributed by atoms with Gasteiger partial charge in [-0.25, -0.2) is 9.97 Å². The van der Waals surface area contributed by atoms with Crippen LogP contribution in [0.4, 0.5) is 5.82 Å². The van der Waals surface area contributed by atoms with E-state index in [-0.39, 0.29) is 5.41 Å². The van der Waals surface area contributed by atoms with Gasteiger partial charge in [0.2, 0.25) is 0 Å². The van der Waals surface area contributed by atoms with Crippen molar-refractivity contribution in [3.05, 3.63) is 40.7 Å². The number of benzene rings is 1. The second-order valence-corrected chi connectivity index (χ2v) is 6.47. The lowest BCUT2D eigenvalue weighted by molar-refractivity contribution is 0.546. The topological polar surface area (TPSA) is 51.8 Å². The van der Waals surface area contributed by atoms with E-state index in [1.54, 1.807) is 0 Å². The van der Waals surface area contributed by atoms with E-state index in [1.165, 1.54) is 11.1 Å². The molecule has 0 spiro atoms. The summed E-state index contributed by atoms with van der Waals surface area (Å²) in [7, 11) is 0. The van der Waals surface area contributed by atoms with Gasteiger partial charge in [0.05, 0.1) is 5.69 Å². The predicted octanol–water partition coefficient (Wildman–Crippen LogP) is 3.95. The van der Waals surface area contributed by atoms with E-state index in [2.05, 4.69) is 57.8 Å². The average molecular weight is 269 g/mol. The molecule has 0 fully saturated rings. The van der Waals surface area contributed by atoms with Crippen LogP contribution >= 0.6 is 0 Å². The Morgan fingerprint density at radius 3 is 2.25 bits per heavy atom. The largest absolute Gasteiger partial charge is 0.383 e. The van der Waals surface area contributed by atoms with Crippen LogP contribution in [0.3, 0.4) is 0 Å². The smallest absolute Gasteiger partial charge is 0.136 e. The maximum absolute atomic E-state index is 6.09. The van der Waals surface area contributed by atoms with E-state index in [1.807, 2.05) is 6.92 Å². The Bertz CT molecular complexity index is 652. The van der Waals surface area contributed by atoms with Crippen LogP contribution in [0.5, 0.6) is 0 Å². The molecule has 106 valence electrons. The van der Waals surface area contributed by atoms with Gasteiger partial charge in [-0.1, -0.05) is 38.5 Å². The van der Waals surface area contributed by atoms with Crippen LogP contribution in [-0.4, -0.2) is 9.97 Å². The first-order valence-corrected chi connectivity index (χ1v) is 6.92. The van der Waals surface area contributed by atoms with Gasteiger partial charge < -0.3 is 5.73 Å². The SMILES string of the molecule is Cc1ccc(C)c(-c2nc(C(C)(C)C)nc(N)c2C)c1. The zero-order valence-corrected chi connectivity index (χ0v) is 13.2. The fourth-order valence-corrected chi connectivity index (χ4v) is 2.12. The molecule has 0 aliphatic rings. The minimum absolute atomic E-state index is 0.117. The molecular weight excluding hydrogens is 246 g/mol. The lowest BCUT2D eigenvalue weighted by atomic mass is 9.94. The molecule has 0 unspecified atom stereocenters. The third-order valence-electron chi connectivity index (χ3n) is 3.50. The molecule has 0 bridgehead atoms. The van der Waals surface area contributed by atoms with Crippen molar-refractivity contribution >= 4 is 5.82 Å². The van der Waals surface area contributed by atoms with Crippen molar-refractivity contribution in [2.45, 2.75) is 47.0 Å². The molecule has 3 heteroatoms. The fourth-order valence-electron chi connectivity index (χ4n) is 2.12. The number of aromatic nitrogens is 2. The van der Waals surface area contributed by atoms with Crippen LogP contribution in [-0.2, 0) is 5.41 Å². The number of nitrogens with two attached hydrogens (primary N) is 1. The second kappa shape index (κ2) is 4.89. The van der Waals surface area contributed by atoms with Crippen LogP contribution in [0.15, 0.2) is 18.2 Å². The van der Waals surface area contributed by atoms with Gasteiger partial charge in [0.15, 0.2) is 0 Å². The number of anilines is 1. The number of aryl methyl sites for hydroxylation is 2. The molecule has 2 N–H and O–H groups in total. The maximum Gasteiger partial charge on any atom is 0.136 e. The van der Waals surface area contributed by atoms with Gasteiger partial charge in [-0.2, -0.15) is 0 Å². The molecule has 0 aliphatic carbocycles. The van der Waals surface area contributed by atoms with Crippen molar-refractivity contribution in [1.82, 2.24) is 9.97 Å². The highest BCUT2D eigenvalue weighted by molar-refractivity contribution is 5.70. The van der Waals surface area contributed by atoms with E-state index in [9.17, 15) is 0 Å². The average Bonchev–Trinajstić information content (AvgIpc) is 2.34. The highest BCUT2D eigenvalue weighted by Gasteiger charge is 2.21. The Balaban J connectivity index is 2.73. The molecule has 0 atom stereocenters. The van der Waals surface area contributed by atoms with Gasteiger partial charge in [0.1, 0.15) is 11.6 Å². The first kappa shape index (κ1) is 14.5. The zero-order valence-electron chi connectivity index (χ0n) is 13.2. The number of hydrogen-bond acceptors (Lipinski definition) is 3. The Labute approximate surface area is 121 Å². The zero-order chi connectivity index (χ0) is 15.1. The summed E-state index contributed by atoms with van der Waals surface area (Å²) < 4.78 is 0. The molecule has 0 radical (unpaired) electrons. The summed E-state index contributed by atoms with van der Waals surface area (Å²) >= 11 is 0. The van der Waals surface area contributed by atoms with Crippen LogP contribution in [0, 0.1) is 20.8 Å². The van der Waals surface area contributed by atoms with Gasteiger partial charge in [-0.15, -0.1) is 0 Å². The van der Waals surface area contributed by atoms with Crippen LogP contribution in [0.2, 0.25) is 0 Å². The molecule has 0 amide bonds. The normalized spacial score (nSPS) is 11.7. The minimum Gasteiger partial charge on any atom is -0.383 e. The standard InChI is InChI=1S/C17H23N3/c1-10-7-8-11(2)13(9-10)14-12(3)15(18)20-16(19-14)17(4,5)6/h7-9H,1-6H3,(H2,18,19,20). The molecular formula is C17H23N3. The maximum atomic E-state index is 6.09. The number of nitrogens with zero attached hydrogens (tertiary/aromatic N) is 2. The summed E-state index contributed by atoms with van der Waals surface area (Å²) in [5, 5.41) is 0. The van der Waals surface area contributed by atoms with E-state index in [0.29, 0.717) is 5.82 Å². The van der Waals surface area contributed by atoms with E-state index >= 15 is 0 Å². The molecule has 1 heterocycles. The Hall–Kier alpha value is -1.90. The summed E-state index contributed by atoms with van der Waals surface area (Å²) in [6.45, 7) is 12.5. The summed E-state index contributed by atoms with van der Waals surface area (Å²) in [5.41, 5.74) is 11.4. The van der Waals surface area contributed by atoms with Gasteiger partial charge in [-0.05, 0) is 32.4 Å².